The summed E-state index contributed by atoms with van der Waals surface area (Å²) < 4.78 is 11.7. The van der Waals surface area contributed by atoms with Gasteiger partial charge in [-0.15, -0.1) is 11.3 Å². The molecule has 5 heteroatoms. The first-order chi connectivity index (χ1) is 11.0. The lowest BCUT2D eigenvalue weighted by Crippen LogP contribution is -2.47. The van der Waals surface area contributed by atoms with Crippen LogP contribution in [0.25, 0.3) is 0 Å². The maximum absolute atomic E-state index is 12.4. The van der Waals surface area contributed by atoms with Crippen LogP contribution in [0.3, 0.4) is 0 Å². The van der Waals surface area contributed by atoms with Gasteiger partial charge in [-0.05, 0) is 45.2 Å². The van der Waals surface area contributed by atoms with Gasteiger partial charge in [-0.25, -0.2) is 0 Å². The zero-order valence-electron chi connectivity index (χ0n) is 14.4. The largest absolute Gasteiger partial charge is 0.347 e. The van der Waals surface area contributed by atoms with Crippen molar-refractivity contribution in [3.63, 3.8) is 0 Å². The summed E-state index contributed by atoms with van der Waals surface area (Å²) in [5, 5.41) is 0. The quantitative estimate of drug-likeness (QED) is 0.845. The van der Waals surface area contributed by atoms with Gasteiger partial charge in [0.05, 0.1) is 12.7 Å². The van der Waals surface area contributed by atoms with Crippen LogP contribution in [0.5, 0.6) is 0 Å². The third-order valence-electron chi connectivity index (χ3n) is 4.86. The van der Waals surface area contributed by atoms with Gasteiger partial charge in [0.1, 0.15) is 0 Å². The van der Waals surface area contributed by atoms with Crippen molar-refractivity contribution in [3.05, 3.63) is 21.4 Å². The number of ether oxygens (including phenoxy) is 2. The fraction of sp³-hybridized carbons (Fsp3) is 0.722. The lowest BCUT2D eigenvalue weighted by Gasteiger charge is -2.37. The number of amides is 1. The van der Waals surface area contributed by atoms with Crippen molar-refractivity contribution in [2.24, 2.45) is 0 Å². The molecular formula is C18H27NO3S. The van der Waals surface area contributed by atoms with Gasteiger partial charge in [0, 0.05) is 42.1 Å². The van der Waals surface area contributed by atoms with Crippen molar-refractivity contribution in [2.75, 3.05) is 19.7 Å². The third kappa shape index (κ3) is 3.95. The van der Waals surface area contributed by atoms with Gasteiger partial charge in [-0.3, -0.25) is 4.79 Å². The van der Waals surface area contributed by atoms with Crippen LogP contribution in [-0.2, 0) is 20.7 Å². The second-order valence-corrected chi connectivity index (χ2v) is 8.28. The molecular weight excluding hydrogens is 310 g/mol. The number of hydrogen-bond acceptors (Lipinski definition) is 4. The molecule has 2 fully saturated rings. The zero-order valence-corrected chi connectivity index (χ0v) is 15.2. The maximum atomic E-state index is 12.4. The van der Waals surface area contributed by atoms with E-state index in [2.05, 4.69) is 19.9 Å². The number of aryl methyl sites for hydroxylation is 3. The molecule has 2 aliphatic rings. The Kier molecular flexibility index (Phi) is 5.09. The number of hydrogen-bond donors (Lipinski definition) is 0. The van der Waals surface area contributed by atoms with E-state index >= 15 is 0 Å². The molecule has 0 N–H and O–H groups in total. The highest BCUT2D eigenvalue weighted by molar-refractivity contribution is 7.12. The van der Waals surface area contributed by atoms with Gasteiger partial charge >= 0.3 is 0 Å². The molecule has 1 aromatic rings. The molecule has 2 aliphatic heterocycles. The van der Waals surface area contributed by atoms with E-state index < -0.39 is 5.79 Å². The molecule has 3 heterocycles. The van der Waals surface area contributed by atoms with E-state index in [9.17, 15) is 4.79 Å². The first-order valence-corrected chi connectivity index (χ1v) is 9.44. The van der Waals surface area contributed by atoms with Crippen LogP contribution in [0, 0.1) is 13.8 Å². The average molecular weight is 337 g/mol. The molecule has 0 bridgehead atoms. The second-order valence-electron chi connectivity index (χ2n) is 6.82. The Labute approximate surface area is 142 Å². The Balaban J connectivity index is 1.42. The number of carbonyl (C=O) groups excluding carboxylic acids is 1. The minimum atomic E-state index is -0.415. The number of piperidine rings is 1. The fourth-order valence-corrected chi connectivity index (χ4v) is 4.56. The molecule has 0 aromatic carbocycles. The van der Waals surface area contributed by atoms with Crippen LogP contribution in [0.4, 0.5) is 0 Å². The van der Waals surface area contributed by atoms with Gasteiger partial charge in [0.2, 0.25) is 5.91 Å². The van der Waals surface area contributed by atoms with Gasteiger partial charge in [0.25, 0.3) is 0 Å². The molecule has 128 valence electrons. The predicted molar refractivity (Wildman–Crippen MR) is 91.8 cm³/mol. The second kappa shape index (κ2) is 6.91. The van der Waals surface area contributed by atoms with Crippen molar-refractivity contribution < 1.29 is 14.3 Å². The minimum absolute atomic E-state index is 0.176. The zero-order chi connectivity index (χ0) is 16.4. The molecule has 1 amide bonds. The summed E-state index contributed by atoms with van der Waals surface area (Å²) in [7, 11) is 0. The van der Waals surface area contributed by atoms with E-state index in [1.807, 2.05) is 23.2 Å². The highest BCUT2D eigenvalue weighted by atomic mass is 32.1. The van der Waals surface area contributed by atoms with Crippen LogP contribution in [0.1, 0.15) is 47.9 Å². The standard InChI is InChI=1S/C18H27NO3S/c1-13-12-21-18(22-13)7-9-19(10-8-18)17(20)6-4-5-16-11-14(2)23-15(16)3/h11,13H,4-10,12H2,1-3H3/t13-/m0/s1. The van der Waals surface area contributed by atoms with Crippen molar-refractivity contribution in [3.8, 4) is 0 Å². The lowest BCUT2D eigenvalue weighted by molar-refractivity contribution is -0.194. The monoisotopic (exact) mass is 337 g/mol. The summed E-state index contributed by atoms with van der Waals surface area (Å²) in [5.74, 6) is -0.142. The van der Waals surface area contributed by atoms with Crippen LogP contribution in [-0.4, -0.2) is 42.4 Å². The molecule has 1 spiro atoms. The van der Waals surface area contributed by atoms with Gasteiger partial charge in [-0.1, -0.05) is 0 Å². The summed E-state index contributed by atoms with van der Waals surface area (Å²) >= 11 is 1.84. The molecule has 1 aromatic heterocycles. The van der Waals surface area contributed by atoms with Crippen molar-refractivity contribution in [1.29, 1.82) is 0 Å². The number of nitrogens with zero attached hydrogens (tertiary/aromatic N) is 1. The Hall–Kier alpha value is -0.910. The highest BCUT2D eigenvalue weighted by Crippen LogP contribution is 2.34. The highest BCUT2D eigenvalue weighted by Gasteiger charge is 2.43. The predicted octanol–water partition coefficient (Wildman–Crippen LogP) is 3.44. The maximum Gasteiger partial charge on any atom is 0.222 e. The topological polar surface area (TPSA) is 38.8 Å². The number of likely N-dealkylation sites (tertiary alicyclic amines) is 1. The minimum Gasteiger partial charge on any atom is -0.347 e. The first-order valence-electron chi connectivity index (χ1n) is 8.63. The molecule has 0 unspecified atom stereocenters. The molecule has 0 aliphatic carbocycles. The number of thiophene rings is 1. The molecule has 3 rings (SSSR count). The SMILES string of the molecule is Cc1cc(CCCC(=O)N2CCC3(CC2)OC[C@H](C)O3)c(C)s1. The summed E-state index contributed by atoms with van der Waals surface area (Å²) in [4.78, 5) is 17.1. The summed E-state index contributed by atoms with van der Waals surface area (Å²) in [6, 6.07) is 2.26. The van der Waals surface area contributed by atoms with Crippen LogP contribution < -0.4 is 0 Å². The smallest absolute Gasteiger partial charge is 0.222 e. The van der Waals surface area contributed by atoms with Crippen molar-refractivity contribution in [1.82, 2.24) is 4.90 Å². The van der Waals surface area contributed by atoms with Crippen LogP contribution >= 0.6 is 11.3 Å². The molecule has 1 atom stereocenters. The summed E-state index contributed by atoms with van der Waals surface area (Å²) in [6.45, 7) is 8.53. The normalized spacial score (nSPS) is 23.6. The first kappa shape index (κ1) is 16.9. The molecule has 23 heavy (non-hydrogen) atoms. The molecule has 0 saturated carbocycles. The summed E-state index contributed by atoms with van der Waals surface area (Å²) in [6.07, 6.45) is 4.34. The van der Waals surface area contributed by atoms with Crippen LogP contribution in [0.15, 0.2) is 6.07 Å². The number of rotatable bonds is 4. The number of carbonyl (C=O) groups is 1. The van der Waals surface area contributed by atoms with E-state index in [1.165, 1.54) is 15.3 Å². The summed E-state index contributed by atoms with van der Waals surface area (Å²) in [5.41, 5.74) is 1.40. The molecule has 2 saturated heterocycles. The Morgan fingerprint density at radius 3 is 2.70 bits per heavy atom. The van der Waals surface area contributed by atoms with E-state index in [1.54, 1.807) is 0 Å². The Morgan fingerprint density at radius 1 is 1.39 bits per heavy atom. The van der Waals surface area contributed by atoms with Crippen LogP contribution in [0.2, 0.25) is 0 Å². The Morgan fingerprint density at radius 2 is 2.13 bits per heavy atom. The average Bonchev–Trinajstić information content (AvgIpc) is 3.02. The van der Waals surface area contributed by atoms with Gasteiger partial charge in [-0.2, -0.15) is 0 Å². The lowest BCUT2D eigenvalue weighted by atomic mass is 10.0. The fourth-order valence-electron chi connectivity index (χ4n) is 3.58. The van der Waals surface area contributed by atoms with E-state index in [4.69, 9.17) is 9.47 Å². The van der Waals surface area contributed by atoms with Crippen molar-refractivity contribution in [2.45, 2.75) is 64.8 Å². The third-order valence-corrected chi connectivity index (χ3v) is 5.86. The van der Waals surface area contributed by atoms with E-state index in [-0.39, 0.29) is 12.0 Å². The van der Waals surface area contributed by atoms with Gasteiger partial charge < -0.3 is 14.4 Å². The Bertz CT molecular complexity index is 561. The van der Waals surface area contributed by atoms with Gasteiger partial charge in [0.15, 0.2) is 5.79 Å². The van der Waals surface area contributed by atoms with E-state index in [0.29, 0.717) is 13.0 Å². The van der Waals surface area contributed by atoms with E-state index in [0.717, 1.165) is 38.8 Å². The molecule has 4 nitrogen and oxygen atoms in total. The molecule has 0 radical (unpaired) electrons. The van der Waals surface area contributed by atoms with Crippen molar-refractivity contribution >= 4 is 17.2 Å².